The molecule has 1 N–H and O–H groups in total. The Morgan fingerprint density at radius 1 is 1.19 bits per heavy atom. The minimum Gasteiger partial charge on any atom is -0.382 e. The number of hydrogen-bond donors (Lipinski definition) is 1. The summed E-state index contributed by atoms with van der Waals surface area (Å²) in [7, 11) is 1.70. The molecule has 0 heterocycles. The number of ether oxygens (including phenoxy) is 3. The molecule has 0 saturated carbocycles. The van der Waals surface area contributed by atoms with Gasteiger partial charge in [-0.2, -0.15) is 0 Å². The van der Waals surface area contributed by atoms with Gasteiger partial charge in [-0.15, -0.1) is 0 Å². The molecule has 98 valence electrons. The van der Waals surface area contributed by atoms with Gasteiger partial charge in [0, 0.05) is 20.3 Å². The monoisotopic (exact) mass is 233 g/mol. The second-order valence-corrected chi connectivity index (χ2v) is 3.89. The summed E-state index contributed by atoms with van der Waals surface area (Å²) in [5, 5.41) is 3.34. The molecule has 0 bridgehead atoms. The van der Waals surface area contributed by atoms with Crippen LogP contribution in [-0.4, -0.2) is 52.2 Å². The fourth-order valence-electron chi connectivity index (χ4n) is 1.42. The van der Waals surface area contributed by atoms with Gasteiger partial charge >= 0.3 is 0 Å². The summed E-state index contributed by atoms with van der Waals surface area (Å²) in [5.41, 5.74) is 0. The van der Waals surface area contributed by atoms with Crippen LogP contribution >= 0.6 is 0 Å². The molecule has 0 rings (SSSR count). The molecule has 0 aromatic rings. The lowest BCUT2D eigenvalue weighted by molar-refractivity contribution is -0.0692. The van der Waals surface area contributed by atoms with Crippen LogP contribution in [0.15, 0.2) is 0 Å². The molecule has 0 saturated heterocycles. The maximum absolute atomic E-state index is 5.83. The fraction of sp³-hybridized carbons (Fsp3) is 1.00. The molecule has 0 fully saturated rings. The van der Waals surface area contributed by atoms with Crippen molar-refractivity contribution in [2.24, 2.45) is 0 Å². The highest BCUT2D eigenvalue weighted by Crippen LogP contribution is 2.00. The lowest BCUT2D eigenvalue weighted by Crippen LogP contribution is -2.36. The van der Waals surface area contributed by atoms with Crippen LogP contribution in [0.1, 0.15) is 27.2 Å². The highest BCUT2D eigenvalue weighted by atomic mass is 16.6. The Hall–Kier alpha value is -0.160. The van der Waals surface area contributed by atoms with E-state index in [0.29, 0.717) is 13.2 Å². The van der Waals surface area contributed by atoms with Crippen molar-refractivity contribution >= 4 is 0 Å². The summed E-state index contributed by atoms with van der Waals surface area (Å²) in [6.07, 6.45) is 1.35. The topological polar surface area (TPSA) is 39.7 Å². The maximum atomic E-state index is 5.83. The zero-order chi connectivity index (χ0) is 12.2. The molecular formula is C12H27NO3. The van der Waals surface area contributed by atoms with Gasteiger partial charge in [0.25, 0.3) is 0 Å². The van der Waals surface area contributed by atoms with Crippen molar-refractivity contribution in [1.82, 2.24) is 5.32 Å². The molecule has 4 heteroatoms. The second-order valence-electron chi connectivity index (χ2n) is 3.89. The van der Waals surface area contributed by atoms with E-state index in [-0.39, 0.29) is 12.2 Å². The largest absolute Gasteiger partial charge is 0.382 e. The smallest absolute Gasteiger partial charge is 0.0937 e. The van der Waals surface area contributed by atoms with E-state index < -0.39 is 0 Å². The van der Waals surface area contributed by atoms with Crippen molar-refractivity contribution in [2.45, 2.75) is 39.4 Å². The molecule has 0 aliphatic carbocycles. The third-order valence-electron chi connectivity index (χ3n) is 2.13. The highest BCUT2D eigenvalue weighted by Gasteiger charge is 2.12. The van der Waals surface area contributed by atoms with Crippen molar-refractivity contribution in [2.75, 3.05) is 40.0 Å². The molecule has 2 unspecified atom stereocenters. The molecule has 0 aromatic carbocycles. The van der Waals surface area contributed by atoms with Crippen LogP contribution in [0.3, 0.4) is 0 Å². The first-order valence-corrected chi connectivity index (χ1v) is 6.17. The average molecular weight is 233 g/mol. The van der Waals surface area contributed by atoms with Gasteiger partial charge in [0.15, 0.2) is 0 Å². The van der Waals surface area contributed by atoms with Crippen LogP contribution in [0.5, 0.6) is 0 Å². The molecule has 16 heavy (non-hydrogen) atoms. The normalized spacial score (nSPS) is 15.0. The highest BCUT2D eigenvalue weighted by molar-refractivity contribution is 4.63. The molecule has 4 nitrogen and oxygen atoms in total. The van der Waals surface area contributed by atoms with E-state index >= 15 is 0 Å². The first kappa shape index (κ1) is 15.8. The predicted molar refractivity (Wildman–Crippen MR) is 65.9 cm³/mol. The Bertz CT molecular complexity index is 144. The van der Waals surface area contributed by atoms with Crippen molar-refractivity contribution in [3.63, 3.8) is 0 Å². The summed E-state index contributed by atoms with van der Waals surface area (Å²) in [4.78, 5) is 0. The molecule has 0 aliphatic rings. The second kappa shape index (κ2) is 11.3. The first-order valence-electron chi connectivity index (χ1n) is 6.17. The zero-order valence-electron chi connectivity index (χ0n) is 11.1. The van der Waals surface area contributed by atoms with Gasteiger partial charge in [-0.1, -0.05) is 6.92 Å². The molecule has 0 radical (unpaired) electrons. The van der Waals surface area contributed by atoms with Crippen LogP contribution < -0.4 is 5.32 Å². The Labute approximate surface area is 99.6 Å². The third-order valence-corrected chi connectivity index (χ3v) is 2.13. The van der Waals surface area contributed by atoms with E-state index in [2.05, 4.69) is 12.2 Å². The van der Waals surface area contributed by atoms with Crippen molar-refractivity contribution in [1.29, 1.82) is 0 Å². The number of nitrogens with one attached hydrogen (secondary N) is 1. The molecule has 0 spiro atoms. The number of hydrogen-bond acceptors (Lipinski definition) is 4. The van der Waals surface area contributed by atoms with Gasteiger partial charge in [-0.3, -0.25) is 0 Å². The van der Waals surface area contributed by atoms with E-state index in [1.165, 1.54) is 0 Å². The van der Waals surface area contributed by atoms with Gasteiger partial charge in [0.2, 0.25) is 0 Å². The minimum absolute atomic E-state index is 0.104. The SMILES string of the molecule is CCCNCC(COC)OC(C)COCC. The lowest BCUT2D eigenvalue weighted by Gasteiger charge is -2.22. The quantitative estimate of drug-likeness (QED) is 0.548. The van der Waals surface area contributed by atoms with Crippen molar-refractivity contribution in [3.8, 4) is 0 Å². The Morgan fingerprint density at radius 2 is 1.94 bits per heavy atom. The van der Waals surface area contributed by atoms with E-state index in [1.54, 1.807) is 7.11 Å². The lowest BCUT2D eigenvalue weighted by atomic mass is 10.3. The molecule has 0 amide bonds. The van der Waals surface area contributed by atoms with Crippen LogP contribution in [0.2, 0.25) is 0 Å². The van der Waals surface area contributed by atoms with Gasteiger partial charge < -0.3 is 19.5 Å². The van der Waals surface area contributed by atoms with E-state index in [4.69, 9.17) is 14.2 Å². The van der Waals surface area contributed by atoms with Gasteiger partial charge in [0.05, 0.1) is 25.4 Å². The number of rotatable bonds is 11. The van der Waals surface area contributed by atoms with Crippen LogP contribution in [-0.2, 0) is 14.2 Å². The maximum Gasteiger partial charge on any atom is 0.0937 e. The minimum atomic E-state index is 0.104. The standard InChI is InChI=1S/C12H27NO3/c1-5-7-13-8-12(10-14-4)16-11(3)9-15-6-2/h11-13H,5-10H2,1-4H3. The van der Waals surface area contributed by atoms with Gasteiger partial charge in [-0.25, -0.2) is 0 Å². The van der Waals surface area contributed by atoms with Crippen molar-refractivity contribution < 1.29 is 14.2 Å². The zero-order valence-corrected chi connectivity index (χ0v) is 11.1. The molecule has 0 aliphatic heterocycles. The fourth-order valence-corrected chi connectivity index (χ4v) is 1.42. The summed E-state index contributed by atoms with van der Waals surface area (Å²) >= 11 is 0. The Kier molecular flexibility index (Phi) is 11.2. The van der Waals surface area contributed by atoms with Gasteiger partial charge in [0.1, 0.15) is 0 Å². The molecular weight excluding hydrogens is 206 g/mol. The molecule has 0 aromatic heterocycles. The van der Waals surface area contributed by atoms with Crippen LogP contribution in [0.25, 0.3) is 0 Å². The Morgan fingerprint density at radius 3 is 2.50 bits per heavy atom. The summed E-state index contributed by atoms with van der Waals surface area (Å²) in [5.74, 6) is 0. The molecule has 2 atom stereocenters. The van der Waals surface area contributed by atoms with Crippen LogP contribution in [0, 0.1) is 0 Å². The summed E-state index contributed by atoms with van der Waals surface area (Å²) in [6, 6.07) is 0. The first-order chi connectivity index (χ1) is 7.74. The Balaban J connectivity index is 3.72. The number of methoxy groups -OCH3 is 1. The van der Waals surface area contributed by atoms with Crippen molar-refractivity contribution in [3.05, 3.63) is 0 Å². The summed E-state index contributed by atoms with van der Waals surface area (Å²) in [6.45, 7) is 10.0. The average Bonchev–Trinajstić information content (AvgIpc) is 2.27. The van der Waals surface area contributed by atoms with E-state index in [1.807, 2.05) is 13.8 Å². The predicted octanol–water partition coefficient (Wildman–Crippen LogP) is 1.44. The van der Waals surface area contributed by atoms with E-state index in [9.17, 15) is 0 Å². The third kappa shape index (κ3) is 9.09. The van der Waals surface area contributed by atoms with Gasteiger partial charge in [-0.05, 0) is 26.8 Å². The van der Waals surface area contributed by atoms with E-state index in [0.717, 1.165) is 26.1 Å². The summed E-state index contributed by atoms with van der Waals surface area (Å²) < 4.78 is 16.3. The van der Waals surface area contributed by atoms with Crippen LogP contribution in [0.4, 0.5) is 0 Å².